The molecule has 2 saturated heterocycles. The molecular formula is C9H18NO3S+. The minimum absolute atomic E-state index is 0.282. The maximum absolute atomic E-state index is 11.2. The van der Waals surface area contributed by atoms with Crippen molar-refractivity contribution in [3.8, 4) is 0 Å². The van der Waals surface area contributed by atoms with Crippen molar-refractivity contribution >= 4 is 9.84 Å². The smallest absolute Gasteiger partial charge is 0.156 e. The molecule has 82 valence electrons. The molecule has 2 fully saturated rings. The Balaban J connectivity index is 1.71. The van der Waals surface area contributed by atoms with Crippen LogP contribution >= 0.6 is 0 Å². The van der Waals surface area contributed by atoms with E-state index in [9.17, 15) is 8.42 Å². The first-order valence-corrected chi connectivity index (χ1v) is 7.13. The quantitative estimate of drug-likeness (QED) is 0.658. The van der Waals surface area contributed by atoms with E-state index in [4.69, 9.17) is 4.74 Å². The normalized spacial score (nSPS) is 36.3. The highest BCUT2D eigenvalue weighted by Gasteiger charge is 2.31. The molecule has 2 aliphatic rings. The molecule has 2 atom stereocenters. The van der Waals surface area contributed by atoms with Gasteiger partial charge in [0.2, 0.25) is 0 Å². The molecular weight excluding hydrogens is 202 g/mol. The van der Waals surface area contributed by atoms with Gasteiger partial charge in [0.05, 0.1) is 5.75 Å². The Hall–Kier alpha value is -0.130. The van der Waals surface area contributed by atoms with Crippen molar-refractivity contribution in [2.45, 2.75) is 31.4 Å². The summed E-state index contributed by atoms with van der Waals surface area (Å²) in [5.41, 5.74) is 0. The van der Waals surface area contributed by atoms with Crippen LogP contribution in [-0.4, -0.2) is 45.2 Å². The van der Waals surface area contributed by atoms with E-state index in [1.165, 1.54) is 0 Å². The Labute approximate surface area is 84.9 Å². The summed E-state index contributed by atoms with van der Waals surface area (Å²) in [6.07, 6.45) is 3.46. The molecule has 14 heavy (non-hydrogen) atoms. The van der Waals surface area contributed by atoms with Gasteiger partial charge in [-0.3, -0.25) is 0 Å². The molecule has 0 aromatic carbocycles. The molecule has 2 rings (SSSR count). The minimum Gasteiger partial charge on any atom is -0.372 e. The largest absolute Gasteiger partial charge is 0.372 e. The number of quaternary nitrogens is 1. The van der Waals surface area contributed by atoms with Gasteiger partial charge >= 0.3 is 0 Å². The fourth-order valence-corrected chi connectivity index (χ4v) is 3.97. The second-order valence-corrected chi connectivity index (χ2v) is 6.50. The van der Waals surface area contributed by atoms with Crippen molar-refractivity contribution in [1.82, 2.24) is 0 Å². The maximum Gasteiger partial charge on any atom is 0.156 e. The number of rotatable bonds is 3. The molecule has 2 N–H and O–H groups in total. The highest BCUT2D eigenvalue weighted by molar-refractivity contribution is 7.91. The lowest BCUT2D eigenvalue weighted by Crippen LogP contribution is -2.92. The molecule has 4 nitrogen and oxygen atoms in total. The van der Waals surface area contributed by atoms with E-state index in [-0.39, 0.29) is 6.04 Å². The summed E-state index contributed by atoms with van der Waals surface area (Å²) in [4.78, 5) is 0. The van der Waals surface area contributed by atoms with Crippen molar-refractivity contribution in [1.29, 1.82) is 0 Å². The average Bonchev–Trinajstić information content (AvgIpc) is 2.70. The van der Waals surface area contributed by atoms with Crippen molar-refractivity contribution < 1.29 is 18.5 Å². The van der Waals surface area contributed by atoms with Gasteiger partial charge in [-0.25, -0.2) is 8.42 Å². The summed E-state index contributed by atoms with van der Waals surface area (Å²) in [5, 5.41) is 2.15. The van der Waals surface area contributed by atoms with Crippen molar-refractivity contribution in [2.24, 2.45) is 0 Å². The van der Waals surface area contributed by atoms with Crippen LogP contribution in [0.1, 0.15) is 19.3 Å². The summed E-state index contributed by atoms with van der Waals surface area (Å²) < 4.78 is 27.9. The first-order chi connectivity index (χ1) is 6.66. The van der Waals surface area contributed by atoms with E-state index in [0.29, 0.717) is 17.6 Å². The second kappa shape index (κ2) is 4.16. The van der Waals surface area contributed by atoms with Crippen LogP contribution in [0.5, 0.6) is 0 Å². The minimum atomic E-state index is -2.71. The van der Waals surface area contributed by atoms with Crippen LogP contribution in [0.4, 0.5) is 0 Å². The molecule has 0 bridgehead atoms. The predicted octanol–water partition coefficient (Wildman–Crippen LogP) is -1.08. The van der Waals surface area contributed by atoms with Crippen LogP contribution in [0.25, 0.3) is 0 Å². The Morgan fingerprint density at radius 1 is 1.36 bits per heavy atom. The third kappa shape index (κ3) is 2.68. The molecule has 0 aromatic heterocycles. The predicted molar refractivity (Wildman–Crippen MR) is 52.8 cm³/mol. The SMILES string of the molecule is O=S1(=O)CCC([NH2+]CC2CCCO2)C1. The lowest BCUT2D eigenvalue weighted by Gasteiger charge is -2.11. The monoisotopic (exact) mass is 220 g/mol. The van der Waals surface area contributed by atoms with Gasteiger partial charge in [0.1, 0.15) is 24.4 Å². The number of hydrogen-bond donors (Lipinski definition) is 1. The zero-order valence-corrected chi connectivity index (χ0v) is 9.13. The van der Waals surface area contributed by atoms with Gasteiger partial charge in [0.15, 0.2) is 9.84 Å². The fraction of sp³-hybridized carbons (Fsp3) is 1.00. The second-order valence-electron chi connectivity index (χ2n) is 4.27. The van der Waals surface area contributed by atoms with E-state index in [1.54, 1.807) is 0 Å². The van der Waals surface area contributed by atoms with E-state index in [0.717, 1.165) is 32.4 Å². The van der Waals surface area contributed by atoms with Gasteiger partial charge in [-0.15, -0.1) is 0 Å². The zero-order chi connectivity index (χ0) is 10.0. The molecule has 0 amide bonds. The van der Waals surface area contributed by atoms with Crippen LogP contribution in [0.3, 0.4) is 0 Å². The summed E-state index contributed by atoms with van der Waals surface area (Å²) in [7, 11) is -2.71. The summed E-state index contributed by atoms with van der Waals surface area (Å²) in [6, 6.07) is 0.282. The summed E-state index contributed by atoms with van der Waals surface area (Å²) >= 11 is 0. The number of hydrogen-bond acceptors (Lipinski definition) is 3. The van der Waals surface area contributed by atoms with E-state index in [2.05, 4.69) is 5.32 Å². The molecule has 2 heterocycles. The van der Waals surface area contributed by atoms with Crippen LogP contribution in [-0.2, 0) is 14.6 Å². The molecule has 0 radical (unpaired) electrons. The van der Waals surface area contributed by atoms with Crippen LogP contribution < -0.4 is 5.32 Å². The van der Waals surface area contributed by atoms with Gasteiger partial charge < -0.3 is 10.1 Å². The molecule has 2 aliphatic heterocycles. The number of nitrogens with two attached hydrogens (primary N) is 1. The number of sulfone groups is 1. The lowest BCUT2D eigenvalue weighted by atomic mass is 10.2. The lowest BCUT2D eigenvalue weighted by molar-refractivity contribution is -0.689. The van der Waals surface area contributed by atoms with E-state index in [1.807, 2.05) is 0 Å². The van der Waals surface area contributed by atoms with Crippen LogP contribution in [0, 0.1) is 0 Å². The molecule has 5 heteroatoms. The summed E-state index contributed by atoms with van der Waals surface area (Å²) in [5.74, 6) is 0.736. The Morgan fingerprint density at radius 3 is 2.79 bits per heavy atom. The fourth-order valence-electron chi connectivity index (χ4n) is 2.18. The molecule has 0 saturated carbocycles. The Morgan fingerprint density at radius 2 is 2.21 bits per heavy atom. The third-order valence-corrected chi connectivity index (χ3v) is 4.82. The first-order valence-electron chi connectivity index (χ1n) is 5.31. The van der Waals surface area contributed by atoms with Crippen LogP contribution in [0.2, 0.25) is 0 Å². The Kier molecular flexibility index (Phi) is 3.09. The highest BCUT2D eigenvalue weighted by Crippen LogP contribution is 2.11. The maximum atomic E-state index is 11.2. The number of ether oxygens (including phenoxy) is 1. The third-order valence-electron chi connectivity index (χ3n) is 3.02. The van der Waals surface area contributed by atoms with Crippen molar-refractivity contribution in [3.63, 3.8) is 0 Å². The van der Waals surface area contributed by atoms with Crippen molar-refractivity contribution in [3.05, 3.63) is 0 Å². The molecule has 2 unspecified atom stereocenters. The Bertz CT molecular complexity index is 282. The topological polar surface area (TPSA) is 60.0 Å². The van der Waals surface area contributed by atoms with Crippen molar-refractivity contribution in [2.75, 3.05) is 24.7 Å². The standard InChI is InChI=1S/C9H17NO3S/c11-14(12)5-3-8(7-14)10-6-9-2-1-4-13-9/h8-10H,1-7H2/p+1. The van der Waals surface area contributed by atoms with Gasteiger partial charge in [-0.1, -0.05) is 0 Å². The van der Waals surface area contributed by atoms with Gasteiger partial charge in [0.25, 0.3) is 0 Å². The van der Waals surface area contributed by atoms with Gasteiger partial charge in [0, 0.05) is 13.0 Å². The highest BCUT2D eigenvalue weighted by atomic mass is 32.2. The van der Waals surface area contributed by atoms with E-state index < -0.39 is 9.84 Å². The molecule has 0 aromatic rings. The van der Waals surface area contributed by atoms with E-state index >= 15 is 0 Å². The average molecular weight is 220 g/mol. The first kappa shape index (κ1) is 10.4. The summed E-state index contributed by atoms with van der Waals surface area (Å²) in [6.45, 7) is 1.81. The van der Waals surface area contributed by atoms with Crippen LogP contribution in [0.15, 0.2) is 0 Å². The van der Waals surface area contributed by atoms with Gasteiger partial charge in [-0.2, -0.15) is 0 Å². The molecule has 0 aliphatic carbocycles. The van der Waals surface area contributed by atoms with Gasteiger partial charge in [-0.05, 0) is 12.8 Å². The molecule has 0 spiro atoms. The zero-order valence-electron chi connectivity index (χ0n) is 8.31.